The molecule has 0 fully saturated rings. The molecule has 0 spiro atoms. The Morgan fingerprint density at radius 1 is 1.21 bits per heavy atom. The lowest BCUT2D eigenvalue weighted by atomic mass is 10.1. The van der Waals surface area contributed by atoms with Crippen molar-refractivity contribution in [2.24, 2.45) is 5.73 Å². The van der Waals surface area contributed by atoms with E-state index in [0.717, 1.165) is 16.7 Å². The van der Waals surface area contributed by atoms with E-state index in [1.54, 1.807) is 6.07 Å². The maximum absolute atomic E-state index is 13.1. The molecule has 0 aromatic heterocycles. The summed E-state index contributed by atoms with van der Waals surface area (Å²) < 4.78 is 18.7. The number of aryl methyl sites for hydroxylation is 1. The maximum atomic E-state index is 13.1. The van der Waals surface area contributed by atoms with Crippen LogP contribution in [0.2, 0.25) is 0 Å². The van der Waals surface area contributed by atoms with Crippen molar-refractivity contribution in [3.63, 3.8) is 0 Å². The Morgan fingerprint density at radius 2 is 1.89 bits per heavy atom. The van der Waals surface area contributed by atoms with E-state index in [9.17, 15) is 4.39 Å². The van der Waals surface area contributed by atoms with Crippen molar-refractivity contribution < 1.29 is 9.13 Å². The highest BCUT2D eigenvalue weighted by Gasteiger charge is 2.03. The molecule has 2 nitrogen and oxygen atoms in total. The van der Waals surface area contributed by atoms with Crippen molar-refractivity contribution in [1.82, 2.24) is 0 Å². The number of benzene rings is 2. The van der Waals surface area contributed by atoms with Gasteiger partial charge in [-0.05, 0) is 24.1 Å². The molecule has 0 aliphatic carbocycles. The topological polar surface area (TPSA) is 35.2 Å². The molecule has 0 heterocycles. The van der Waals surface area contributed by atoms with Gasteiger partial charge in [0.1, 0.15) is 23.2 Å². The molecule has 0 saturated heterocycles. The number of thiocarbonyl (C=S) groups is 1. The zero-order valence-electron chi connectivity index (χ0n) is 10.5. The van der Waals surface area contributed by atoms with Crippen LogP contribution >= 0.6 is 12.2 Å². The summed E-state index contributed by atoms with van der Waals surface area (Å²) in [5, 5.41) is 0. The van der Waals surface area contributed by atoms with E-state index in [1.165, 1.54) is 12.1 Å². The second kappa shape index (κ2) is 5.80. The number of ether oxygens (including phenoxy) is 1. The summed E-state index contributed by atoms with van der Waals surface area (Å²) in [6, 6.07) is 12.0. The van der Waals surface area contributed by atoms with Crippen molar-refractivity contribution in [2.45, 2.75) is 13.5 Å². The Bertz CT molecular complexity index is 596. The smallest absolute Gasteiger partial charge is 0.126 e. The molecule has 0 radical (unpaired) electrons. The summed E-state index contributed by atoms with van der Waals surface area (Å²) in [4.78, 5) is 0.369. The van der Waals surface area contributed by atoms with Gasteiger partial charge in [-0.2, -0.15) is 0 Å². The normalized spacial score (nSPS) is 10.2. The van der Waals surface area contributed by atoms with E-state index in [1.807, 2.05) is 31.2 Å². The first kappa shape index (κ1) is 13.5. The third-order valence-electron chi connectivity index (χ3n) is 2.78. The van der Waals surface area contributed by atoms with Crippen molar-refractivity contribution in [2.75, 3.05) is 0 Å². The predicted octanol–water partition coefficient (Wildman–Crippen LogP) is 3.35. The molecule has 0 unspecified atom stereocenters. The first-order valence-electron chi connectivity index (χ1n) is 5.84. The van der Waals surface area contributed by atoms with Gasteiger partial charge in [0.05, 0.1) is 0 Å². The van der Waals surface area contributed by atoms with Crippen molar-refractivity contribution in [3.05, 3.63) is 65.0 Å². The average molecular weight is 275 g/mol. The zero-order valence-corrected chi connectivity index (χ0v) is 11.3. The van der Waals surface area contributed by atoms with Gasteiger partial charge in [-0.25, -0.2) is 4.39 Å². The van der Waals surface area contributed by atoms with Gasteiger partial charge < -0.3 is 10.5 Å². The van der Waals surface area contributed by atoms with Crippen LogP contribution in [0.25, 0.3) is 0 Å². The lowest BCUT2D eigenvalue weighted by Gasteiger charge is -2.09. The van der Waals surface area contributed by atoms with Crippen LogP contribution in [0.5, 0.6) is 5.75 Å². The van der Waals surface area contributed by atoms with Gasteiger partial charge in [0.2, 0.25) is 0 Å². The first-order valence-corrected chi connectivity index (χ1v) is 6.25. The van der Waals surface area contributed by atoms with E-state index < -0.39 is 0 Å². The fourth-order valence-electron chi connectivity index (χ4n) is 1.66. The van der Waals surface area contributed by atoms with Gasteiger partial charge in [0.15, 0.2) is 0 Å². The maximum Gasteiger partial charge on any atom is 0.126 e. The fraction of sp³-hybridized carbons (Fsp3) is 0.133. The highest BCUT2D eigenvalue weighted by atomic mass is 32.1. The Labute approximate surface area is 117 Å². The van der Waals surface area contributed by atoms with Gasteiger partial charge in [-0.15, -0.1) is 0 Å². The second-order valence-electron chi connectivity index (χ2n) is 4.26. The van der Waals surface area contributed by atoms with Crippen LogP contribution in [0.4, 0.5) is 4.39 Å². The molecule has 4 heteroatoms. The molecule has 0 atom stereocenters. The highest BCUT2D eigenvalue weighted by Crippen LogP contribution is 2.20. The Kier molecular flexibility index (Phi) is 4.12. The Balaban J connectivity index is 2.06. The SMILES string of the molecule is Cc1ccc(F)cc1OCc1ccc(C(N)=S)cc1. The monoisotopic (exact) mass is 275 g/mol. The third-order valence-corrected chi connectivity index (χ3v) is 3.02. The van der Waals surface area contributed by atoms with Crippen molar-refractivity contribution in [3.8, 4) is 5.75 Å². The Hall–Kier alpha value is -1.94. The van der Waals surface area contributed by atoms with E-state index in [2.05, 4.69) is 0 Å². The fourth-order valence-corrected chi connectivity index (χ4v) is 1.79. The molecule has 0 saturated carbocycles. The number of hydrogen-bond donors (Lipinski definition) is 1. The summed E-state index contributed by atoms with van der Waals surface area (Å²) in [5.41, 5.74) is 8.22. The zero-order chi connectivity index (χ0) is 13.8. The van der Waals surface area contributed by atoms with E-state index >= 15 is 0 Å². The van der Waals surface area contributed by atoms with Crippen LogP contribution in [-0.4, -0.2) is 4.99 Å². The van der Waals surface area contributed by atoms with E-state index in [0.29, 0.717) is 17.3 Å². The number of rotatable bonds is 4. The van der Waals surface area contributed by atoms with Crippen molar-refractivity contribution >= 4 is 17.2 Å². The molecule has 2 aromatic rings. The van der Waals surface area contributed by atoms with Crippen LogP contribution in [0.3, 0.4) is 0 Å². The minimum absolute atomic E-state index is 0.301. The molecule has 19 heavy (non-hydrogen) atoms. The molecule has 0 bridgehead atoms. The number of halogens is 1. The van der Waals surface area contributed by atoms with Gasteiger partial charge in [-0.3, -0.25) is 0 Å². The molecule has 0 amide bonds. The first-order chi connectivity index (χ1) is 9.06. The molecular formula is C15H14FNOS. The minimum atomic E-state index is -0.301. The van der Waals surface area contributed by atoms with Crippen LogP contribution < -0.4 is 10.5 Å². The van der Waals surface area contributed by atoms with Crippen LogP contribution in [0.1, 0.15) is 16.7 Å². The number of hydrogen-bond acceptors (Lipinski definition) is 2. The quantitative estimate of drug-likeness (QED) is 0.869. The summed E-state index contributed by atoms with van der Waals surface area (Å²) in [5.74, 6) is 0.253. The summed E-state index contributed by atoms with van der Waals surface area (Å²) in [6.45, 7) is 2.26. The predicted molar refractivity (Wildman–Crippen MR) is 77.8 cm³/mol. The van der Waals surface area contributed by atoms with Crippen LogP contribution in [0.15, 0.2) is 42.5 Å². The number of nitrogens with two attached hydrogens (primary N) is 1. The van der Waals surface area contributed by atoms with E-state index in [-0.39, 0.29) is 5.82 Å². The summed E-state index contributed by atoms with van der Waals surface area (Å²) in [7, 11) is 0. The standard InChI is InChI=1S/C15H14FNOS/c1-10-2-7-13(16)8-14(10)18-9-11-3-5-12(6-4-11)15(17)19/h2-8H,9H2,1H3,(H2,17,19). The van der Waals surface area contributed by atoms with Crippen LogP contribution in [-0.2, 0) is 6.61 Å². The largest absolute Gasteiger partial charge is 0.489 e. The molecule has 0 aliphatic rings. The molecule has 98 valence electrons. The molecule has 2 rings (SSSR count). The minimum Gasteiger partial charge on any atom is -0.489 e. The van der Waals surface area contributed by atoms with Gasteiger partial charge >= 0.3 is 0 Å². The second-order valence-corrected chi connectivity index (χ2v) is 4.70. The lowest BCUT2D eigenvalue weighted by Crippen LogP contribution is -2.09. The van der Waals surface area contributed by atoms with Crippen molar-refractivity contribution in [1.29, 1.82) is 0 Å². The van der Waals surface area contributed by atoms with Gasteiger partial charge in [0, 0.05) is 11.6 Å². The molecule has 2 aromatic carbocycles. The highest BCUT2D eigenvalue weighted by molar-refractivity contribution is 7.80. The Morgan fingerprint density at radius 3 is 2.53 bits per heavy atom. The third kappa shape index (κ3) is 3.51. The van der Waals surface area contributed by atoms with E-state index in [4.69, 9.17) is 22.7 Å². The summed E-state index contributed by atoms with van der Waals surface area (Å²) in [6.07, 6.45) is 0. The lowest BCUT2D eigenvalue weighted by molar-refractivity contribution is 0.302. The summed E-state index contributed by atoms with van der Waals surface area (Å²) >= 11 is 4.88. The molecule has 0 aliphatic heterocycles. The molecular weight excluding hydrogens is 261 g/mol. The van der Waals surface area contributed by atoms with Gasteiger partial charge in [-0.1, -0.05) is 42.5 Å². The average Bonchev–Trinajstić information content (AvgIpc) is 2.40. The molecule has 2 N–H and O–H groups in total. The van der Waals surface area contributed by atoms with Gasteiger partial charge in [0.25, 0.3) is 0 Å². The van der Waals surface area contributed by atoms with Crippen LogP contribution in [0, 0.1) is 12.7 Å².